The highest BCUT2D eigenvalue weighted by Gasteiger charge is 2.25. The molecule has 10 heavy (non-hydrogen) atoms. The minimum atomic E-state index is -0.565. The maximum atomic E-state index is 10.6. The molecule has 58 valence electrons. The molecular formula is C6H9ClO3. The molecule has 1 heterocycles. The van der Waals surface area contributed by atoms with Crippen LogP contribution in [0.4, 0.5) is 0 Å². The number of aliphatic hydroxyl groups is 1. The molecule has 0 saturated carbocycles. The number of rotatable bonds is 1. The van der Waals surface area contributed by atoms with Gasteiger partial charge in [0.25, 0.3) is 0 Å². The summed E-state index contributed by atoms with van der Waals surface area (Å²) in [4.78, 5) is 10.6. The second-order valence-corrected chi connectivity index (χ2v) is 2.67. The van der Waals surface area contributed by atoms with Crippen LogP contribution in [0.25, 0.3) is 0 Å². The summed E-state index contributed by atoms with van der Waals surface area (Å²) in [6.45, 7) is 0. The van der Waals surface area contributed by atoms with Gasteiger partial charge >= 0.3 is 5.97 Å². The zero-order valence-electron chi connectivity index (χ0n) is 5.42. The molecule has 1 N–H and O–H groups in total. The van der Waals surface area contributed by atoms with Crippen LogP contribution in [0.5, 0.6) is 0 Å². The number of hydrogen-bond donors (Lipinski definition) is 1. The largest absolute Gasteiger partial charge is 0.461 e. The lowest BCUT2D eigenvalue weighted by atomic mass is 10.1. The van der Waals surface area contributed by atoms with E-state index in [1.54, 1.807) is 0 Å². The van der Waals surface area contributed by atoms with Crippen LogP contribution in [0.1, 0.15) is 12.8 Å². The van der Waals surface area contributed by atoms with Crippen LogP contribution < -0.4 is 0 Å². The third-order valence-electron chi connectivity index (χ3n) is 1.41. The summed E-state index contributed by atoms with van der Waals surface area (Å²) >= 11 is 5.42. The highest BCUT2D eigenvalue weighted by molar-refractivity contribution is 6.18. The number of ether oxygens (including phenoxy) is 1. The van der Waals surface area contributed by atoms with Crippen molar-refractivity contribution in [3.8, 4) is 0 Å². The van der Waals surface area contributed by atoms with Crippen LogP contribution in [0, 0.1) is 0 Å². The molecule has 0 aromatic rings. The molecule has 1 rings (SSSR count). The molecule has 4 heteroatoms. The summed E-state index contributed by atoms with van der Waals surface area (Å²) in [5.74, 6) is -0.0904. The van der Waals surface area contributed by atoms with Crippen molar-refractivity contribution in [1.29, 1.82) is 0 Å². The molecule has 0 unspecified atom stereocenters. The van der Waals surface area contributed by atoms with E-state index in [2.05, 4.69) is 0 Å². The van der Waals surface area contributed by atoms with Gasteiger partial charge in [-0.25, -0.2) is 0 Å². The average Bonchev–Trinajstić information content (AvgIpc) is 1.85. The lowest BCUT2D eigenvalue weighted by Gasteiger charge is -2.23. The first-order valence-corrected chi connectivity index (χ1v) is 3.69. The van der Waals surface area contributed by atoms with E-state index in [4.69, 9.17) is 21.4 Å². The summed E-state index contributed by atoms with van der Waals surface area (Å²) in [7, 11) is 0. The van der Waals surface area contributed by atoms with E-state index in [9.17, 15) is 4.79 Å². The van der Waals surface area contributed by atoms with Crippen molar-refractivity contribution in [3.05, 3.63) is 0 Å². The van der Waals surface area contributed by atoms with Gasteiger partial charge < -0.3 is 9.84 Å². The Bertz CT molecular complexity index is 137. The van der Waals surface area contributed by atoms with Gasteiger partial charge in [-0.1, -0.05) is 0 Å². The lowest BCUT2D eigenvalue weighted by molar-refractivity contribution is -0.158. The number of alkyl halides is 1. The molecule has 1 aliphatic rings. The summed E-state index contributed by atoms with van der Waals surface area (Å²) in [6, 6.07) is 0. The van der Waals surface area contributed by atoms with Gasteiger partial charge in [0.1, 0.15) is 6.10 Å². The number of esters is 1. The molecule has 2 atom stereocenters. The topological polar surface area (TPSA) is 46.5 Å². The quantitative estimate of drug-likeness (QED) is 0.448. The fourth-order valence-electron chi connectivity index (χ4n) is 0.956. The maximum Gasteiger partial charge on any atom is 0.308 e. The van der Waals surface area contributed by atoms with Crippen molar-refractivity contribution in [1.82, 2.24) is 0 Å². The zero-order chi connectivity index (χ0) is 7.56. The Kier molecular flexibility index (Phi) is 2.51. The first kappa shape index (κ1) is 7.82. The third-order valence-corrected chi connectivity index (χ3v) is 1.75. The molecule has 0 bridgehead atoms. The smallest absolute Gasteiger partial charge is 0.308 e. The number of halogens is 1. The van der Waals surface area contributed by atoms with E-state index in [0.717, 1.165) is 0 Å². The van der Waals surface area contributed by atoms with Gasteiger partial charge in [0, 0.05) is 6.42 Å². The van der Waals surface area contributed by atoms with Crippen LogP contribution in [-0.2, 0) is 9.53 Å². The van der Waals surface area contributed by atoms with E-state index in [0.29, 0.717) is 6.42 Å². The van der Waals surface area contributed by atoms with Gasteiger partial charge in [-0.05, 0) is 0 Å². The fourth-order valence-corrected chi connectivity index (χ4v) is 1.14. The van der Waals surface area contributed by atoms with Gasteiger partial charge in [-0.15, -0.1) is 11.6 Å². The fraction of sp³-hybridized carbons (Fsp3) is 0.833. The SMILES string of the molecule is O=C1C[C@@H](O)C[C@@H](CCl)O1. The maximum absolute atomic E-state index is 10.6. The molecule has 0 aliphatic carbocycles. The van der Waals surface area contributed by atoms with Gasteiger partial charge in [0.2, 0.25) is 0 Å². The Morgan fingerprint density at radius 2 is 2.50 bits per heavy atom. The number of cyclic esters (lactones) is 1. The molecule has 0 aromatic carbocycles. The van der Waals surface area contributed by atoms with Crippen LogP contribution in [0.3, 0.4) is 0 Å². The highest BCUT2D eigenvalue weighted by Crippen LogP contribution is 2.15. The standard InChI is InChI=1S/C6H9ClO3/c7-3-5-1-4(8)2-6(9)10-5/h4-5,8H,1-3H2/t4-,5-/m0/s1. The van der Waals surface area contributed by atoms with Gasteiger partial charge in [-0.3, -0.25) is 4.79 Å². The molecular weight excluding hydrogens is 156 g/mol. The minimum Gasteiger partial charge on any atom is -0.461 e. The van der Waals surface area contributed by atoms with Crippen molar-refractivity contribution >= 4 is 17.6 Å². The van der Waals surface area contributed by atoms with Gasteiger partial charge in [0.15, 0.2) is 0 Å². The second-order valence-electron chi connectivity index (χ2n) is 2.36. The van der Waals surface area contributed by atoms with Crippen LogP contribution >= 0.6 is 11.6 Å². The Morgan fingerprint density at radius 1 is 1.80 bits per heavy atom. The Balaban J connectivity index is 2.42. The number of carbonyl (C=O) groups is 1. The minimum absolute atomic E-state index is 0.105. The Hall–Kier alpha value is -0.280. The number of aliphatic hydroxyl groups excluding tert-OH is 1. The van der Waals surface area contributed by atoms with E-state index >= 15 is 0 Å². The third kappa shape index (κ3) is 1.85. The molecule has 3 nitrogen and oxygen atoms in total. The van der Waals surface area contributed by atoms with E-state index < -0.39 is 6.10 Å². The average molecular weight is 165 g/mol. The van der Waals surface area contributed by atoms with Crippen molar-refractivity contribution in [3.63, 3.8) is 0 Å². The van der Waals surface area contributed by atoms with E-state index in [1.807, 2.05) is 0 Å². The Morgan fingerprint density at radius 3 is 3.00 bits per heavy atom. The number of carbonyl (C=O) groups excluding carboxylic acids is 1. The van der Waals surface area contributed by atoms with Crippen LogP contribution in [0.15, 0.2) is 0 Å². The summed E-state index contributed by atoms with van der Waals surface area (Å²) in [5.41, 5.74) is 0. The summed E-state index contributed by atoms with van der Waals surface area (Å²) in [6.07, 6.45) is -0.286. The van der Waals surface area contributed by atoms with Crippen LogP contribution in [-0.4, -0.2) is 29.2 Å². The molecule has 1 aliphatic heterocycles. The monoisotopic (exact) mass is 164 g/mol. The summed E-state index contributed by atoms with van der Waals surface area (Å²) < 4.78 is 4.78. The van der Waals surface area contributed by atoms with Crippen molar-refractivity contribution < 1.29 is 14.6 Å². The van der Waals surface area contributed by atoms with Crippen molar-refractivity contribution in [2.45, 2.75) is 25.0 Å². The van der Waals surface area contributed by atoms with E-state index in [1.165, 1.54) is 0 Å². The van der Waals surface area contributed by atoms with E-state index in [-0.39, 0.29) is 24.4 Å². The molecule has 1 saturated heterocycles. The predicted molar refractivity (Wildman–Crippen MR) is 35.8 cm³/mol. The molecule has 0 radical (unpaired) electrons. The summed E-state index contributed by atoms with van der Waals surface area (Å²) in [5, 5.41) is 9.02. The van der Waals surface area contributed by atoms with Gasteiger partial charge in [0.05, 0.1) is 18.4 Å². The molecule has 1 fully saturated rings. The predicted octanol–water partition coefficient (Wildman–Crippen LogP) is 0.292. The first-order chi connectivity index (χ1) is 4.72. The molecule has 0 amide bonds. The zero-order valence-corrected chi connectivity index (χ0v) is 6.17. The highest BCUT2D eigenvalue weighted by atomic mass is 35.5. The number of hydrogen-bond acceptors (Lipinski definition) is 3. The lowest BCUT2D eigenvalue weighted by Crippen LogP contribution is -2.33. The second kappa shape index (κ2) is 3.21. The van der Waals surface area contributed by atoms with Crippen molar-refractivity contribution in [2.75, 3.05) is 5.88 Å². The normalized spacial score (nSPS) is 33.6. The van der Waals surface area contributed by atoms with Crippen molar-refractivity contribution in [2.24, 2.45) is 0 Å². The first-order valence-electron chi connectivity index (χ1n) is 3.16. The Labute approximate surface area is 63.9 Å². The van der Waals surface area contributed by atoms with Gasteiger partial charge in [-0.2, -0.15) is 0 Å². The molecule has 0 aromatic heterocycles. The van der Waals surface area contributed by atoms with Crippen LogP contribution in [0.2, 0.25) is 0 Å². The molecule has 0 spiro atoms.